The van der Waals surface area contributed by atoms with Gasteiger partial charge in [-0.3, -0.25) is 0 Å². The average molecular weight is 565 g/mol. The van der Waals surface area contributed by atoms with Crippen molar-refractivity contribution >= 4 is 33.2 Å². The molecule has 3 aromatic carbocycles. The molecule has 0 spiro atoms. The number of allylic oxidation sites excluding steroid dienone is 2. The fourth-order valence-corrected chi connectivity index (χ4v) is 5.83. The van der Waals surface area contributed by atoms with Crippen LogP contribution in [0.3, 0.4) is 0 Å². The van der Waals surface area contributed by atoms with Crippen molar-refractivity contribution in [2.24, 2.45) is 5.92 Å². The van der Waals surface area contributed by atoms with Crippen LogP contribution in [0.5, 0.6) is 11.5 Å². The van der Waals surface area contributed by atoms with Crippen LogP contribution in [-0.4, -0.2) is 7.11 Å². The molecule has 182 valence electrons. The van der Waals surface area contributed by atoms with Gasteiger partial charge in [0.25, 0.3) is 0 Å². The topological polar surface area (TPSA) is 30.5 Å². The summed E-state index contributed by atoms with van der Waals surface area (Å²) in [7, 11) is 1.57. The number of anilines is 1. The molecular formula is C27H22BrClF3NO2. The fourth-order valence-electron chi connectivity index (χ4n) is 5.04. The van der Waals surface area contributed by atoms with Crippen molar-refractivity contribution in [1.82, 2.24) is 0 Å². The Morgan fingerprint density at radius 2 is 1.89 bits per heavy atom. The molecule has 1 N–H and O–H groups in total. The van der Waals surface area contributed by atoms with E-state index in [0.717, 1.165) is 17.2 Å². The Morgan fingerprint density at radius 3 is 2.60 bits per heavy atom. The predicted octanol–water partition coefficient (Wildman–Crippen LogP) is 8.54. The minimum absolute atomic E-state index is 0.102. The average Bonchev–Trinajstić information content (AvgIpc) is 3.33. The smallest absolute Gasteiger partial charge is 0.416 e. The van der Waals surface area contributed by atoms with Gasteiger partial charge in [0, 0.05) is 5.92 Å². The Kier molecular flexibility index (Phi) is 6.49. The quantitative estimate of drug-likeness (QED) is 0.315. The standard InChI is InChI=1S/C27H22BrClF3NO2/c1-34-22-13-16(12-20(28)26(22)35-14-15-6-3-2-4-7-15)24-18-9-5-8-17(18)23-19(27(30,31)32)10-11-21(29)25(23)33-24/h2-8,10-13,17-18,24,33H,9,14H2,1H3/t17-,18+,24+/m0/s1. The lowest BCUT2D eigenvalue weighted by molar-refractivity contribution is -0.138. The lowest BCUT2D eigenvalue weighted by atomic mass is 9.75. The first-order valence-corrected chi connectivity index (χ1v) is 12.3. The molecule has 0 aromatic heterocycles. The third-order valence-corrected chi connectivity index (χ3v) is 7.52. The van der Waals surface area contributed by atoms with Gasteiger partial charge in [0.05, 0.1) is 33.9 Å². The Balaban J connectivity index is 1.52. The third-order valence-electron chi connectivity index (χ3n) is 6.61. The van der Waals surface area contributed by atoms with Gasteiger partial charge in [0.15, 0.2) is 11.5 Å². The van der Waals surface area contributed by atoms with Crippen LogP contribution in [0.4, 0.5) is 18.9 Å². The summed E-state index contributed by atoms with van der Waals surface area (Å²) < 4.78 is 53.9. The van der Waals surface area contributed by atoms with E-state index in [1.807, 2.05) is 54.6 Å². The molecule has 0 amide bonds. The van der Waals surface area contributed by atoms with Crippen LogP contribution >= 0.6 is 27.5 Å². The van der Waals surface area contributed by atoms with Gasteiger partial charge in [-0.2, -0.15) is 13.2 Å². The number of methoxy groups -OCH3 is 1. The molecule has 1 aliphatic heterocycles. The van der Waals surface area contributed by atoms with Gasteiger partial charge >= 0.3 is 6.18 Å². The summed E-state index contributed by atoms with van der Waals surface area (Å²) in [6.45, 7) is 0.370. The highest BCUT2D eigenvalue weighted by atomic mass is 79.9. The normalized spacial score (nSPS) is 20.7. The second-order valence-electron chi connectivity index (χ2n) is 8.67. The molecule has 0 saturated carbocycles. The molecule has 2 aliphatic rings. The summed E-state index contributed by atoms with van der Waals surface area (Å²) >= 11 is 10.0. The van der Waals surface area contributed by atoms with Crippen LogP contribution in [0, 0.1) is 5.92 Å². The molecule has 3 aromatic rings. The number of ether oxygens (including phenoxy) is 2. The molecule has 0 unspecified atom stereocenters. The van der Waals surface area contributed by atoms with E-state index in [-0.39, 0.29) is 22.5 Å². The van der Waals surface area contributed by atoms with E-state index in [4.69, 9.17) is 21.1 Å². The number of halogens is 5. The van der Waals surface area contributed by atoms with Gasteiger partial charge < -0.3 is 14.8 Å². The fraction of sp³-hybridized carbons (Fsp3) is 0.259. The number of benzene rings is 3. The summed E-state index contributed by atoms with van der Waals surface area (Å²) in [5, 5.41) is 3.60. The highest BCUT2D eigenvalue weighted by molar-refractivity contribution is 9.10. The minimum Gasteiger partial charge on any atom is -0.493 e. The Labute approximate surface area is 215 Å². The van der Waals surface area contributed by atoms with E-state index in [1.54, 1.807) is 7.11 Å². The van der Waals surface area contributed by atoms with Crippen molar-refractivity contribution in [2.75, 3.05) is 12.4 Å². The Hall–Kier alpha value is -2.64. The number of rotatable bonds is 5. The number of nitrogens with one attached hydrogen (secondary N) is 1. The summed E-state index contributed by atoms with van der Waals surface area (Å²) in [4.78, 5) is 0. The molecule has 0 saturated heterocycles. The number of hydrogen-bond acceptors (Lipinski definition) is 3. The maximum atomic E-state index is 13.8. The van der Waals surface area contributed by atoms with Gasteiger partial charge in [-0.25, -0.2) is 0 Å². The van der Waals surface area contributed by atoms with Crippen LogP contribution in [0.15, 0.2) is 71.2 Å². The number of fused-ring (bicyclic) bond motifs is 3. The minimum atomic E-state index is -4.46. The van der Waals surface area contributed by atoms with Gasteiger partial charge in [-0.1, -0.05) is 54.1 Å². The zero-order valence-electron chi connectivity index (χ0n) is 18.7. The van der Waals surface area contributed by atoms with Crippen molar-refractivity contribution in [3.8, 4) is 11.5 Å². The van der Waals surface area contributed by atoms with Crippen LogP contribution in [0.2, 0.25) is 5.02 Å². The zero-order chi connectivity index (χ0) is 24.7. The maximum Gasteiger partial charge on any atom is 0.416 e. The van der Waals surface area contributed by atoms with Gasteiger partial charge in [0.2, 0.25) is 0 Å². The molecule has 35 heavy (non-hydrogen) atoms. The predicted molar refractivity (Wildman–Crippen MR) is 134 cm³/mol. The third kappa shape index (κ3) is 4.52. The van der Waals surface area contributed by atoms with E-state index in [9.17, 15) is 13.2 Å². The molecule has 1 aliphatic carbocycles. The van der Waals surface area contributed by atoms with E-state index in [2.05, 4.69) is 21.2 Å². The first kappa shape index (κ1) is 24.1. The maximum absolute atomic E-state index is 13.8. The highest BCUT2D eigenvalue weighted by Gasteiger charge is 2.45. The van der Waals surface area contributed by atoms with E-state index in [0.29, 0.717) is 34.7 Å². The van der Waals surface area contributed by atoms with E-state index >= 15 is 0 Å². The molecule has 1 heterocycles. The van der Waals surface area contributed by atoms with Crippen molar-refractivity contribution < 1.29 is 22.6 Å². The molecule has 5 rings (SSSR count). The first-order valence-electron chi connectivity index (χ1n) is 11.1. The van der Waals surface area contributed by atoms with E-state index in [1.165, 1.54) is 6.07 Å². The van der Waals surface area contributed by atoms with Gasteiger partial charge in [-0.05, 0) is 69.2 Å². The van der Waals surface area contributed by atoms with Gasteiger partial charge in [-0.15, -0.1) is 0 Å². The second-order valence-corrected chi connectivity index (χ2v) is 9.93. The Morgan fingerprint density at radius 1 is 1.11 bits per heavy atom. The molecule has 8 heteroatoms. The second kappa shape index (κ2) is 9.43. The lowest BCUT2D eigenvalue weighted by Gasteiger charge is -2.39. The molecule has 3 nitrogen and oxygen atoms in total. The molecule has 3 atom stereocenters. The zero-order valence-corrected chi connectivity index (χ0v) is 21.0. The molecule has 0 radical (unpaired) electrons. The summed E-state index contributed by atoms with van der Waals surface area (Å²) in [6.07, 6.45) is 0.00223. The molecule has 0 fully saturated rings. The number of hydrogen-bond donors (Lipinski definition) is 1. The SMILES string of the molecule is COc1cc([C@H]2Nc3c(Cl)ccc(C(F)(F)F)c3[C@H]3C=CC[C@H]32)cc(Br)c1OCc1ccccc1. The van der Waals surface area contributed by atoms with E-state index < -0.39 is 17.7 Å². The molecule has 0 bridgehead atoms. The van der Waals surface area contributed by atoms with Crippen molar-refractivity contribution in [2.45, 2.75) is 31.2 Å². The summed E-state index contributed by atoms with van der Waals surface area (Å²) in [5.41, 5.74) is 1.80. The summed E-state index contributed by atoms with van der Waals surface area (Å²) in [5.74, 6) is 0.602. The molecular weight excluding hydrogens is 543 g/mol. The van der Waals surface area contributed by atoms with Crippen LogP contribution in [0.25, 0.3) is 0 Å². The van der Waals surface area contributed by atoms with Crippen LogP contribution in [0.1, 0.15) is 40.6 Å². The largest absolute Gasteiger partial charge is 0.493 e. The first-order chi connectivity index (χ1) is 16.8. The van der Waals surface area contributed by atoms with Crippen molar-refractivity contribution in [3.63, 3.8) is 0 Å². The van der Waals surface area contributed by atoms with Crippen LogP contribution in [-0.2, 0) is 12.8 Å². The monoisotopic (exact) mass is 563 g/mol. The summed E-state index contributed by atoms with van der Waals surface area (Å²) in [6, 6.07) is 15.7. The van der Waals surface area contributed by atoms with Crippen LogP contribution < -0.4 is 14.8 Å². The van der Waals surface area contributed by atoms with Gasteiger partial charge in [0.1, 0.15) is 6.61 Å². The highest BCUT2D eigenvalue weighted by Crippen LogP contribution is 2.55. The lowest BCUT2D eigenvalue weighted by Crippen LogP contribution is -2.31. The Bertz CT molecular complexity index is 1280. The van der Waals surface area contributed by atoms with Crippen molar-refractivity contribution in [1.29, 1.82) is 0 Å². The number of alkyl halides is 3. The van der Waals surface area contributed by atoms with Crippen molar-refractivity contribution in [3.05, 3.63) is 98.5 Å².